The molecule has 1 fully saturated rings. The van der Waals surface area contributed by atoms with Crippen LogP contribution in [0.3, 0.4) is 0 Å². The molecule has 0 aliphatic carbocycles. The van der Waals surface area contributed by atoms with Crippen molar-refractivity contribution < 1.29 is 0 Å². The summed E-state index contributed by atoms with van der Waals surface area (Å²) in [5, 5.41) is 7.82. The van der Waals surface area contributed by atoms with E-state index in [9.17, 15) is 0 Å². The highest BCUT2D eigenvalue weighted by molar-refractivity contribution is 5.63. The summed E-state index contributed by atoms with van der Waals surface area (Å²) in [5.41, 5.74) is 3.64. The van der Waals surface area contributed by atoms with Gasteiger partial charge in [-0.15, -0.1) is 10.2 Å². The maximum atomic E-state index is 4.35. The van der Waals surface area contributed by atoms with Crippen molar-refractivity contribution in [1.82, 2.24) is 24.5 Å². The van der Waals surface area contributed by atoms with Crippen LogP contribution in [0.2, 0.25) is 0 Å². The van der Waals surface area contributed by atoms with Crippen LogP contribution in [0.15, 0.2) is 43.0 Å². The van der Waals surface area contributed by atoms with Gasteiger partial charge in [-0.25, -0.2) is 4.98 Å². The second-order valence-corrected chi connectivity index (χ2v) is 5.93. The van der Waals surface area contributed by atoms with E-state index in [1.165, 1.54) is 37.1 Å². The number of nitrogens with zero attached hydrogens (tertiary/aromatic N) is 5. The van der Waals surface area contributed by atoms with Gasteiger partial charge in [-0.2, -0.15) is 0 Å². The molecule has 2 aromatic heterocycles. The van der Waals surface area contributed by atoms with Crippen molar-refractivity contribution in [1.29, 1.82) is 0 Å². The fourth-order valence-corrected chi connectivity index (χ4v) is 3.20. The lowest BCUT2D eigenvalue weighted by atomic mass is 10.0. The van der Waals surface area contributed by atoms with Crippen LogP contribution in [0.1, 0.15) is 31.4 Å². The summed E-state index contributed by atoms with van der Waals surface area (Å²) in [4.78, 5) is 6.90. The van der Waals surface area contributed by atoms with Gasteiger partial charge in [-0.3, -0.25) is 9.30 Å². The molecule has 3 heterocycles. The quantitative estimate of drug-likeness (QED) is 0.745. The number of fused-ring (bicyclic) bond motifs is 1. The fraction of sp³-hybridized carbons (Fsp3) is 0.353. The van der Waals surface area contributed by atoms with Crippen LogP contribution in [0.4, 0.5) is 0 Å². The van der Waals surface area contributed by atoms with Gasteiger partial charge in [-0.1, -0.05) is 18.2 Å². The molecule has 0 bridgehead atoms. The molecule has 5 heteroatoms. The average Bonchev–Trinajstić information content (AvgIpc) is 3.25. The minimum atomic E-state index is 0.467. The Morgan fingerprint density at radius 3 is 2.86 bits per heavy atom. The Balaban J connectivity index is 1.68. The molecule has 0 spiro atoms. The summed E-state index contributed by atoms with van der Waals surface area (Å²) in [7, 11) is 0. The predicted octanol–water partition coefficient (Wildman–Crippen LogP) is 2.95. The SMILES string of the molecule is C[C@H](c1cccc(-c2cnc3nncn3c2)c1)N1CCCC1. The van der Waals surface area contributed by atoms with Gasteiger partial charge in [-0.05, 0) is 50.0 Å². The third-order valence-electron chi connectivity index (χ3n) is 4.54. The summed E-state index contributed by atoms with van der Waals surface area (Å²) in [6.07, 6.45) is 8.21. The van der Waals surface area contributed by atoms with E-state index in [2.05, 4.69) is 51.3 Å². The molecule has 1 aromatic carbocycles. The number of benzene rings is 1. The molecule has 3 aromatic rings. The Morgan fingerprint density at radius 1 is 1.14 bits per heavy atom. The Morgan fingerprint density at radius 2 is 2.00 bits per heavy atom. The first-order valence-electron chi connectivity index (χ1n) is 7.81. The second-order valence-electron chi connectivity index (χ2n) is 5.93. The summed E-state index contributed by atoms with van der Waals surface area (Å²) in [5.74, 6) is 0.630. The maximum absolute atomic E-state index is 4.35. The largest absolute Gasteiger partial charge is 0.297 e. The molecular weight excluding hydrogens is 274 g/mol. The first-order valence-corrected chi connectivity index (χ1v) is 7.81. The summed E-state index contributed by atoms with van der Waals surface area (Å²) in [6.45, 7) is 4.71. The standard InChI is InChI=1S/C17H19N5/c1-13(21-7-2-3-8-21)14-5-4-6-15(9-14)16-10-18-17-20-19-12-22(17)11-16/h4-6,9-13H,2-3,7-8H2,1H3/t13-/m1/s1. The topological polar surface area (TPSA) is 46.3 Å². The van der Waals surface area contributed by atoms with Gasteiger partial charge in [0.1, 0.15) is 6.33 Å². The van der Waals surface area contributed by atoms with E-state index in [0.29, 0.717) is 11.8 Å². The molecule has 22 heavy (non-hydrogen) atoms. The number of likely N-dealkylation sites (tertiary alicyclic amines) is 1. The van der Waals surface area contributed by atoms with E-state index in [4.69, 9.17) is 0 Å². The monoisotopic (exact) mass is 293 g/mol. The Hall–Kier alpha value is -2.27. The molecule has 0 amide bonds. The van der Waals surface area contributed by atoms with Gasteiger partial charge >= 0.3 is 0 Å². The van der Waals surface area contributed by atoms with Crippen molar-refractivity contribution in [2.75, 3.05) is 13.1 Å². The number of rotatable bonds is 3. The number of hydrogen-bond donors (Lipinski definition) is 0. The zero-order chi connectivity index (χ0) is 14.9. The maximum Gasteiger partial charge on any atom is 0.254 e. The highest BCUT2D eigenvalue weighted by atomic mass is 15.3. The van der Waals surface area contributed by atoms with Crippen molar-refractivity contribution in [3.63, 3.8) is 0 Å². The molecule has 1 saturated heterocycles. The minimum absolute atomic E-state index is 0.467. The molecule has 1 aliphatic rings. The third kappa shape index (κ3) is 2.37. The molecule has 1 aliphatic heterocycles. The van der Waals surface area contributed by atoms with E-state index in [1.54, 1.807) is 6.33 Å². The molecule has 0 radical (unpaired) electrons. The van der Waals surface area contributed by atoms with E-state index < -0.39 is 0 Å². The van der Waals surface area contributed by atoms with Crippen LogP contribution in [-0.4, -0.2) is 37.6 Å². The molecule has 0 unspecified atom stereocenters. The number of hydrogen-bond acceptors (Lipinski definition) is 4. The molecule has 1 atom stereocenters. The highest BCUT2D eigenvalue weighted by Crippen LogP contribution is 2.28. The van der Waals surface area contributed by atoms with Crippen LogP contribution in [0, 0.1) is 0 Å². The first kappa shape index (κ1) is 13.4. The van der Waals surface area contributed by atoms with Crippen molar-refractivity contribution in [2.45, 2.75) is 25.8 Å². The summed E-state index contributed by atoms with van der Waals surface area (Å²) < 4.78 is 1.85. The van der Waals surface area contributed by atoms with Crippen LogP contribution >= 0.6 is 0 Å². The highest BCUT2D eigenvalue weighted by Gasteiger charge is 2.19. The lowest BCUT2D eigenvalue weighted by molar-refractivity contribution is 0.263. The van der Waals surface area contributed by atoms with Crippen molar-refractivity contribution in [3.8, 4) is 11.1 Å². The van der Waals surface area contributed by atoms with E-state index in [1.807, 2.05) is 16.8 Å². The predicted molar refractivity (Wildman–Crippen MR) is 85.4 cm³/mol. The molecule has 0 N–H and O–H groups in total. The first-order chi connectivity index (χ1) is 10.8. The molecule has 112 valence electrons. The summed E-state index contributed by atoms with van der Waals surface area (Å²) in [6, 6.07) is 9.23. The Kier molecular flexibility index (Phi) is 3.35. The van der Waals surface area contributed by atoms with Crippen LogP contribution in [0.5, 0.6) is 0 Å². The number of aromatic nitrogens is 4. The van der Waals surface area contributed by atoms with Crippen molar-refractivity contribution >= 4 is 5.78 Å². The van der Waals surface area contributed by atoms with Crippen LogP contribution in [0.25, 0.3) is 16.9 Å². The zero-order valence-electron chi connectivity index (χ0n) is 12.7. The summed E-state index contributed by atoms with van der Waals surface area (Å²) >= 11 is 0. The van der Waals surface area contributed by atoms with E-state index >= 15 is 0 Å². The fourth-order valence-electron chi connectivity index (χ4n) is 3.20. The Bertz CT molecular complexity index is 788. The van der Waals surface area contributed by atoms with Crippen molar-refractivity contribution in [2.24, 2.45) is 0 Å². The normalized spacial score (nSPS) is 17.1. The van der Waals surface area contributed by atoms with Gasteiger partial charge < -0.3 is 0 Å². The van der Waals surface area contributed by atoms with Crippen LogP contribution < -0.4 is 0 Å². The molecule has 4 rings (SSSR count). The lowest BCUT2D eigenvalue weighted by Crippen LogP contribution is -2.23. The van der Waals surface area contributed by atoms with Gasteiger partial charge in [0.05, 0.1) is 0 Å². The molecular formula is C17H19N5. The molecule has 0 saturated carbocycles. The smallest absolute Gasteiger partial charge is 0.254 e. The lowest BCUT2D eigenvalue weighted by Gasteiger charge is -2.24. The van der Waals surface area contributed by atoms with Gasteiger partial charge in [0, 0.05) is 24.0 Å². The molecule has 5 nitrogen and oxygen atoms in total. The van der Waals surface area contributed by atoms with Gasteiger partial charge in [0.2, 0.25) is 0 Å². The second kappa shape index (κ2) is 5.50. The average molecular weight is 293 g/mol. The minimum Gasteiger partial charge on any atom is -0.297 e. The van der Waals surface area contributed by atoms with Crippen LogP contribution in [-0.2, 0) is 0 Å². The van der Waals surface area contributed by atoms with Gasteiger partial charge in [0.15, 0.2) is 0 Å². The zero-order valence-corrected chi connectivity index (χ0v) is 12.7. The van der Waals surface area contributed by atoms with Crippen molar-refractivity contribution in [3.05, 3.63) is 48.5 Å². The van der Waals surface area contributed by atoms with E-state index in [0.717, 1.165) is 5.56 Å². The van der Waals surface area contributed by atoms with Gasteiger partial charge in [0.25, 0.3) is 5.78 Å². The third-order valence-corrected chi connectivity index (χ3v) is 4.54. The van der Waals surface area contributed by atoms with E-state index in [-0.39, 0.29) is 0 Å². The Labute approximate surface area is 129 Å².